The van der Waals surface area contributed by atoms with Gasteiger partial charge in [-0.25, -0.2) is 4.79 Å². The van der Waals surface area contributed by atoms with Crippen molar-refractivity contribution in [3.05, 3.63) is 101 Å². The molecule has 264 valence electrons. The van der Waals surface area contributed by atoms with Crippen molar-refractivity contribution in [3.8, 4) is 5.75 Å². The fourth-order valence-electron chi connectivity index (χ4n) is 7.04. The molecule has 2 N–H and O–H groups in total. The van der Waals surface area contributed by atoms with Crippen molar-refractivity contribution in [1.29, 1.82) is 0 Å². The van der Waals surface area contributed by atoms with Crippen molar-refractivity contribution >= 4 is 50.7 Å². The highest BCUT2D eigenvalue weighted by Gasteiger charge is 2.50. The van der Waals surface area contributed by atoms with Gasteiger partial charge in [0.15, 0.2) is 0 Å². The number of para-hydroxylation sites is 1. The van der Waals surface area contributed by atoms with Crippen LogP contribution in [-0.2, 0) is 24.5 Å². The van der Waals surface area contributed by atoms with Gasteiger partial charge in [-0.05, 0) is 67.3 Å². The average Bonchev–Trinajstić information content (AvgIpc) is 3.10. The lowest BCUT2D eigenvalue weighted by molar-refractivity contribution is -0.149. The maximum absolute atomic E-state index is 14.5. The molecule has 0 aromatic heterocycles. The van der Waals surface area contributed by atoms with Gasteiger partial charge in [-0.15, -0.1) is 0 Å². The lowest BCUT2D eigenvalue weighted by Crippen LogP contribution is -2.55. The number of fused-ring (bicyclic) bond motifs is 1. The molecule has 1 heterocycles. The minimum Gasteiger partial charge on any atom is -0.496 e. The molecule has 0 saturated carbocycles. The average molecular weight is 708 g/mol. The Hall–Kier alpha value is -3.96. The molecule has 9 nitrogen and oxygen atoms in total. The molecule has 1 saturated heterocycles. The molecule has 3 aromatic carbocycles. The molecule has 1 aliphatic carbocycles. The zero-order valence-electron chi connectivity index (χ0n) is 28.7. The van der Waals surface area contributed by atoms with Gasteiger partial charge < -0.3 is 25.0 Å². The van der Waals surface area contributed by atoms with Crippen LogP contribution in [0.25, 0.3) is 0 Å². The molecule has 5 rings (SSSR count). The standard InChI is InChI=1S/C38H45N3O6.2H2S/c1-5-47-36(44)33(25(2)3)40-37(45)38(26-13-7-6-8-14-26)22-19-29(28-15-9-11-17-31(28)38)35(43)41-23-20-27(21-24-41)39-34(42)30-16-10-12-18-32(30)46-4;;/h6-18,25,27,29,33H,5,19-24H2,1-4H3,(H,39,42)(H,40,45);2*1H2/t29-,33-,38+;;/m0../s1. The van der Waals surface area contributed by atoms with Gasteiger partial charge in [-0.2, -0.15) is 27.0 Å². The van der Waals surface area contributed by atoms with E-state index in [0.717, 1.165) is 16.7 Å². The van der Waals surface area contributed by atoms with Crippen molar-refractivity contribution in [2.75, 3.05) is 26.8 Å². The summed E-state index contributed by atoms with van der Waals surface area (Å²) in [5.74, 6) is -0.969. The number of esters is 1. The zero-order valence-corrected chi connectivity index (χ0v) is 30.7. The van der Waals surface area contributed by atoms with Gasteiger partial charge in [-0.3, -0.25) is 14.4 Å². The molecule has 0 unspecified atom stereocenters. The van der Waals surface area contributed by atoms with E-state index in [1.807, 2.05) is 79.4 Å². The van der Waals surface area contributed by atoms with Crippen molar-refractivity contribution in [3.63, 3.8) is 0 Å². The van der Waals surface area contributed by atoms with E-state index >= 15 is 0 Å². The Kier molecular flexibility index (Phi) is 14.2. The second-order valence-electron chi connectivity index (χ2n) is 12.7. The highest BCUT2D eigenvalue weighted by molar-refractivity contribution is 7.59. The topological polar surface area (TPSA) is 114 Å². The van der Waals surface area contributed by atoms with Crippen LogP contribution in [0.4, 0.5) is 0 Å². The number of rotatable bonds is 10. The van der Waals surface area contributed by atoms with Crippen LogP contribution in [0, 0.1) is 5.92 Å². The Balaban J connectivity index is 0.00000325. The minimum absolute atomic E-state index is 0. The normalized spacial score (nSPS) is 19.3. The summed E-state index contributed by atoms with van der Waals surface area (Å²) in [5.41, 5.74) is 1.81. The van der Waals surface area contributed by atoms with Gasteiger partial charge in [0.1, 0.15) is 11.8 Å². The van der Waals surface area contributed by atoms with Crippen molar-refractivity contribution < 1.29 is 28.7 Å². The number of amides is 3. The molecule has 3 aromatic rings. The highest BCUT2D eigenvalue weighted by Crippen LogP contribution is 2.48. The second-order valence-corrected chi connectivity index (χ2v) is 12.7. The van der Waals surface area contributed by atoms with Gasteiger partial charge in [0, 0.05) is 19.1 Å². The van der Waals surface area contributed by atoms with Crippen molar-refractivity contribution in [2.24, 2.45) is 5.92 Å². The third-order valence-corrected chi connectivity index (χ3v) is 9.54. The predicted molar refractivity (Wildman–Crippen MR) is 200 cm³/mol. The highest BCUT2D eigenvalue weighted by atomic mass is 32.1. The first-order valence-electron chi connectivity index (χ1n) is 16.6. The summed E-state index contributed by atoms with van der Waals surface area (Å²) in [5, 5.41) is 6.16. The first-order valence-corrected chi connectivity index (χ1v) is 16.6. The first-order chi connectivity index (χ1) is 22.7. The molecular formula is C38H49N3O6S2. The largest absolute Gasteiger partial charge is 0.496 e. The summed E-state index contributed by atoms with van der Waals surface area (Å²) in [6.45, 7) is 6.78. The van der Waals surface area contributed by atoms with Crippen LogP contribution < -0.4 is 15.4 Å². The second kappa shape index (κ2) is 17.6. The van der Waals surface area contributed by atoms with Crippen LogP contribution in [-0.4, -0.2) is 67.5 Å². The molecule has 1 aliphatic heterocycles. The van der Waals surface area contributed by atoms with Crippen LogP contribution in [0.15, 0.2) is 78.9 Å². The summed E-state index contributed by atoms with van der Waals surface area (Å²) in [4.78, 5) is 56.4. The summed E-state index contributed by atoms with van der Waals surface area (Å²) in [6, 6.07) is 23.6. The fraction of sp³-hybridized carbons (Fsp3) is 0.421. The molecule has 0 spiro atoms. The Morgan fingerprint density at radius 1 is 0.878 bits per heavy atom. The summed E-state index contributed by atoms with van der Waals surface area (Å²) in [6.07, 6.45) is 2.15. The Morgan fingerprint density at radius 2 is 1.51 bits per heavy atom. The van der Waals surface area contributed by atoms with Crippen LogP contribution >= 0.6 is 27.0 Å². The van der Waals surface area contributed by atoms with E-state index in [9.17, 15) is 19.2 Å². The van der Waals surface area contributed by atoms with Gasteiger partial charge in [-0.1, -0.05) is 80.6 Å². The van der Waals surface area contributed by atoms with Gasteiger partial charge in [0.2, 0.25) is 11.8 Å². The number of nitrogens with zero attached hydrogens (tertiary/aromatic N) is 1. The molecule has 3 atom stereocenters. The van der Waals surface area contributed by atoms with Crippen LogP contribution in [0.1, 0.15) is 79.4 Å². The molecule has 3 amide bonds. The van der Waals surface area contributed by atoms with Gasteiger partial charge in [0.25, 0.3) is 5.91 Å². The number of hydrogen-bond donors (Lipinski definition) is 2. The molecule has 2 aliphatic rings. The number of ether oxygens (including phenoxy) is 2. The Labute approximate surface area is 303 Å². The molecular weight excluding hydrogens is 659 g/mol. The monoisotopic (exact) mass is 707 g/mol. The molecule has 49 heavy (non-hydrogen) atoms. The molecule has 11 heteroatoms. The number of likely N-dealkylation sites (tertiary alicyclic amines) is 1. The number of piperidine rings is 1. The zero-order chi connectivity index (χ0) is 33.6. The van der Waals surface area contributed by atoms with Gasteiger partial charge in [0.05, 0.1) is 30.6 Å². The first kappa shape index (κ1) is 39.5. The van der Waals surface area contributed by atoms with Crippen molar-refractivity contribution in [1.82, 2.24) is 15.5 Å². The Morgan fingerprint density at radius 3 is 2.16 bits per heavy atom. The Bertz CT molecular complexity index is 1600. The number of carbonyl (C=O) groups excluding carboxylic acids is 4. The molecule has 0 radical (unpaired) electrons. The fourth-order valence-corrected chi connectivity index (χ4v) is 7.04. The van der Waals surface area contributed by atoms with E-state index in [1.165, 1.54) is 0 Å². The van der Waals surface area contributed by atoms with Crippen LogP contribution in [0.5, 0.6) is 5.75 Å². The van der Waals surface area contributed by atoms with E-state index < -0.39 is 23.3 Å². The van der Waals surface area contributed by atoms with E-state index in [1.54, 1.807) is 32.2 Å². The van der Waals surface area contributed by atoms with Crippen LogP contribution in [0.3, 0.4) is 0 Å². The third-order valence-electron chi connectivity index (χ3n) is 9.54. The number of nitrogens with one attached hydrogen (secondary N) is 2. The lowest BCUT2D eigenvalue weighted by Gasteiger charge is -2.43. The SMILES string of the molecule is CCOC(=O)[C@@H](NC(=O)[C@@]1(c2ccccc2)CC[C@H](C(=O)N2CCC(NC(=O)c3ccccc3OC)CC2)c2ccccc21)C(C)C.S.S. The summed E-state index contributed by atoms with van der Waals surface area (Å²) < 4.78 is 10.7. The maximum atomic E-state index is 14.5. The van der Waals surface area contributed by atoms with E-state index in [4.69, 9.17) is 9.47 Å². The smallest absolute Gasteiger partial charge is 0.328 e. The lowest BCUT2D eigenvalue weighted by atomic mass is 9.62. The number of carbonyl (C=O) groups is 4. The summed E-state index contributed by atoms with van der Waals surface area (Å²) in [7, 11) is 1.54. The predicted octanol–water partition coefficient (Wildman–Crippen LogP) is 5.21. The minimum atomic E-state index is -1.09. The van der Waals surface area contributed by atoms with Gasteiger partial charge >= 0.3 is 5.97 Å². The van der Waals surface area contributed by atoms with Crippen LogP contribution in [0.2, 0.25) is 0 Å². The third kappa shape index (κ3) is 8.27. The summed E-state index contributed by atoms with van der Waals surface area (Å²) >= 11 is 0. The number of methoxy groups -OCH3 is 1. The maximum Gasteiger partial charge on any atom is 0.328 e. The van der Waals surface area contributed by atoms with Crippen molar-refractivity contribution in [2.45, 2.75) is 69.9 Å². The quantitative estimate of drug-likeness (QED) is 0.280. The molecule has 0 bridgehead atoms. The van der Waals surface area contributed by atoms with E-state index in [2.05, 4.69) is 10.6 Å². The van der Waals surface area contributed by atoms with E-state index in [0.29, 0.717) is 50.1 Å². The van der Waals surface area contributed by atoms with E-state index in [-0.39, 0.29) is 63.3 Å². The number of hydrogen-bond acceptors (Lipinski definition) is 6. The number of benzene rings is 3. The molecule has 1 fully saturated rings.